The fraction of sp³-hybridized carbons (Fsp3) is 0.222. The number of imide groups is 1. The predicted octanol–water partition coefficient (Wildman–Crippen LogP) is 4.32. The van der Waals surface area contributed by atoms with Crippen LogP contribution < -0.4 is 24.4 Å². The normalized spacial score (nSPS) is 16.3. The van der Waals surface area contributed by atoms with Gasteiger partial charge in [0, 0.05) is 12.2 Å². The largest absolute Gasteiger partial charge is 0.494 e. The average Bonchev–Trinajstić information content (AvgIpc) is 3.44. The number of hydrogen-bond donors (Lipinski definition) is 1. The van der Waals surface area contributed by atoms with Crippen molar-refractivity contribution < 1.29 is 33.0 Å². The zero-order valence-corrected chi connectivity index (χ0v) is 20.0. The van der Waals surface area contributed by atoms with Gasteiger partial charge in [-0.25, -0.2) is 14.1 Å². The van der Waals surface area contributed by atoms with Gasteiger partial charge in [-0.15, -0.1) is 0 Å². The van der Waals surface area contributed by atoms with Crippen LogP contribution in [-0.4, -0.2) is 42.2 Å². The van der Waals surface area contributed by atoms with E-state index >= 15 is 0 Å². The van der Waals surface area contributed by atoms with Gasteiger partial charge in [-0.2, -0.15) is 0 Å². The van der Waals surface area contributed by atoms with E-state index in [4.69, 9.17) is 14.2 Å². The number of rotatable bonds is 8. The third-order valence-corrected chi connectivity index (χ3v) is 6.02. The maximum atomic E-state index is 13.5. The van der Waals surface area contributed by atoms with Crippen LogP contribution in [0.25, 0.3) is 0 Å². The Hall–Kier alpha value is -4.60. The van der Waals surface area contributed by atoms with Crippen LogP contribution in [0.15, 0.2) is 66.7 Å². The second-order valence-corrected chi connectivity index (χ2v) is 8.47. The summed E-state index contributed by atoms with van der Waals surface area (Å²) in [4.78, 5) is 42.1. The molecule has 2 aliphatic rings. The molecule has 2 aliphatic heterocycles. The number of hydrogen-bond acceptors (Lipinski definition) is 6. The smallest absolute Gasteiger partial charge is 0.332 e. The Balaban J connectivity index is 1.38. The van der Waals surface area contributed by atoms with Crippen molar-refractivity contribution in [2.45, 2.75) is 25.9 Å². The summed E-state index contributed by atoms with van der Waals surface area (Å²) < 4.78 is 29.7. The maximum absolute atomic E-state index is 13.5. The number of urea groups is 1. The fourth-order valence-electron chi connectivity index (χ4n) is 4.27. The molecular formula is C27H24FN3O6. The molecule has 37 heavy (non-hydrogen) atoms. The van der Waals surface area contributed by atoms with E-state index in [9.17, 15) is 18.8 Å². The summed E-state index contributed by atoms with van der Waals surface area (Å²) >= 11 is 0. The third-order valence-electron chi connectivity index (χ3n) is 6.02. The van der Waals surface area contributed by atoms with E-state index in [0.29, 0.717) is 35.1 Å². The molecule has 9 nitrogen and oxygen atoms in total. The van der Waals surface area contributed by atoms with E-state index in [0.717, 1.165) is 4.90 Å². The minimum Gasteiger partial charge on any atom is -0.494 e. The molecule has 190 valence electrons. The van der Waals surface area contributed by atoms with Gasteiger partial charge in [0.1, 0.15) is 17.6 Å². The maximum Gasteiger partial charge on any atom is 0.332 e. The standard InChI is InChI=1S/C27H24FN3O6/c1-2-35-21-10-6-19(7-11-21)29-25(32)14-22-26(33)31(20-8-4-18(28)5-9-20)27(34)30(22)15-17-3-12-23-24(13-17)37-16-36-23/h3-13,22H,2,14-16H2,1H3,(H,29,32)/t22-/m0/s1. The summed E-state index contributed by atoms with van der Waals surface area (Å²) in [6.07, 6.45) is -0.264. The summed E-state index contributed by atoms with van der Waals surface area (Å²) in [7, 11) is 0. The number of ether oxygens (including phenoxy) is 3. The number of carbonyl (C=O) groups excluding carboxylic acids is 3. The summed E-state index contributed by atoms with van der Waals surface area (Å²) in [5.74, 6) is 0.293. The predicted molar refractivity (Wildman–Crippen MR) is 132 cm³/mol. The molecule has 3 aromatic carbocycles. The third kappa shape index (κ3) is 5.04. The van der Waals surface area contributed by atoms with Gasteiger partial charge in [-0.3, -0.25) is 9.59 Å². The summed E-state index contributed by atoms with van der Waals surface area (Å²) in [6, 6.07) is 15.5. The zero-order valence-electron chi connectivity index (χ0n) is 20.0. The van der Waals surface area contributed by atoms with Crippen molar-refractivity contribution in [3.63, 3.8) is 0 Å². The van der Waals surface area contributed by atoms with E-state index in [1.54, 1.807) is 42.5 Å². The highest BCUT2D eigenvalue weighted by Gasteiger charge is 2.46. The first-order valence-corrected chi connectivity index (χ1v) is 11.7. The van der Waals surface area contributed by atoms with Crippen LogP contribution in [0, 0.1) is 5.82 Å². The Labute approximate surface area is 212 Å². The first-order valence-electron chi connectivity index (χ1n) is 11.7. The lowest BCUT2D eigenvalue weighted by Crippen LogP contribution is -2.37. The highest BCUT2D eigenvalue weighted by atomic mass is 19.1. The molecule has 2 heterocycles. The lowest BCUT2D eigenvalue weighted by Gasteiger charge is -2.22. The molecule has 10 heteroatoms. The SMILES string of the molecule is CCOc1ccc(NC(=O)C[C@H]2C(=O)N(c3ccc(F)cc3)C(=O)N2Cc2ccc3c(c2)OCO3)cc1. The second kappa shape index (κ2) is 10.2. The van der Waals surface area contributed by atoms with E-state index in [1.165, 1.54) is 29.2 Å². The van der Waals surface area contributed by atoms with Crippen LogP contribution in [-0.2, 0) is 16.1 Å². The quantitative estimate of drug-likeness (QED) is 0.458. The van der Waals surface area contributed by atoms with E-state index in [2.05, 4.69) is 5.32 Å². The fourth-order valence-corrected chi connectivity index (χ4v) is 4.27. The first kappa shape index (κ1) is 24.1. The number of carbonyl (C=O) groups is 3. The molecule has 0 bridgehead atoms. The van der Waals surface area contributed by atoms with Crippen LogP contribution in [0.3, 0.4) is 0 Å². The molecule has 0 saturated carbocycles. The Morgan fingerprint density at radius 3 is 2.49 bits per heavy atom. The van der Waals surface area contributed by atoms with Gasteiger partial charge in [-0.1, -0.05) is 6.07 Å². The van der Waals surface area contributed by atoms with Crippen molar-refractivity contribution in [3.8, 4) is 17.2 Å². The molecule has 4 amide bonds. The molecule has 0 aliphatic carbocycles. The first-order chi connectivity index (χ1) is 17.9. The van der Waals surface area contributed by atoms with Crippen molar-refractivity contribution in [2.24, 2.45) is 0 Å². The molecule has 1 N–H and O–H groups in total. The monoisotopic (exact) mass is 505 g/mol. The number of nitrogens with one attached hydrogen (secondary N) is 1. The van der Waals surface area contributed by atoms with Crippen LogP contribution in [0.2, 0.25) is 0 Å². The van der Waals surface area contributed by atoms with Crippen molar-refractivity contribution in [3.05, 3.63) is 78.1 Å². The van der Waals surface area contributed by atoms with Gasteiger partial charge in [0.2, 0.25) is 12.7 Å². The Kier molecular flexibility index (Phi) is 6.63. The van der Waals surface area contributed by atoms with E-state index in [1.807, 2.05) is 6.92 Å². The Morgan fingerprint density at radius 1 is 1.03 bits per heavy atom. The summed E-state index contributed by atoms with van der Waals surface area (Å²) in [5.41, 5.74) is 1.45. The molecule has 0 radical (unpaired) electrons. The van der Waals surface area contributed by atoms with Gasteiger partial charge in [0.05, 0.1) is 18.7 Å². The molecule has 0 spiro atoms. The van der Waals surface area contributed by atoms with Crippen molar-refractivity contribution in [2.75, 3.05) is 23.6 Å². The van der Waals surface area contributed by atoms with Gasteiger partial charge < -0.3 is 24.4 Å². The van der Waals surface area contributed by atoms with Crippen LogP contribution in [0.5, 0.6) is 17.2 Å². The molecule has 5 rings (SSSR count). The molecule has 3 aromatic rings. The lowest BCUT2D eigenvalue weighted by atomic mass is 10.1. The van der Waals surface area contributed by atoms with E-state index in [-0.39, 0.29) is 25.4 Å². The molecule has 0 aromatic heterocycles. The Morgan fingerprint density at radius 2 is 1.76 bits per heavy atom. The highest BCUT2D eigenvalue weighted by molar-refractivity contribution is 6.22. The molecule has 1 atom stereocenters. The molecule has 0 unspecified atom stereocenters. The van der Waals surface area contributed by atoms with Gasteiger partial charge in [0.25, 0.3) is 5.91 Å². The van der Waals surface area contributed by atoms with Crippen molar-refractivity contribution in [1.82, 2.24) is 4.90 Å². The van der Waals surface area contributed by atoms with Crippen LogP contribution >= 0.6 is 0 Å². The lowest BCUT2D eigenvalue weighted by molar-refractivity contribution is -0.124. The number of halogens is 1. The Bertz CT molecular complexity index is 1330. The zero-order chi connectivity index (χ0) is 25.9. The van der Waals surface area contributed by atoms with Crippen molar-refractivity contribution in [1.29, 1.82) is 0 Å². The van der Waals surface area contributed by atoms with Crippen molar-refractivity contribution >= 4 is 29.2 Å². The summed E-state index contributed by atoms with van der Waals surface area (Å²) in [5, 5.41) is 2.76. The minimum atomic E-state index is -1.06. The minimum absolute atomic E-state index is 0.0555. The number of nitrogens with zero attached hydrogens (tertiary/aromatic N) is 2. The topological polar surface area (TPSA) is 97.4 Å². The number of fused-ring (bicyclic) bond motifs is 1. The van der Waals surface area contributed by atoms with Gasteiger partial charge >= 0.3 is 6.03 Å². The van der Waals surface area contributed by atoms with Gasteiger partial charge in [0.15, 0.2) is 11.5 Å². The van der Waals surface area contributed by atoms with E-state index < -0.39 is 29.7 Å². The van der Waals surface area contributed by atoms with Crippen LogP contribution in [0.1, 0.15) is 18.9 Å². The van der Waals surface area contributed by atoms with Crippen LogP contribution in [0.4, 0.5) is 20.6 Å². The van der Waals surface area contributed by atoms with Gasteiger partial charge in [-0.05, 0) is 73.2 Å². The second-order valence-electron chi connectivity index (χ2n) is 8.47. The number of amides is 4. The highest BCUT2D eigenvalue weighted by Crippen LogP contribution is 2.34. The number of benzene rings is 3. The number of anilines is 2. The summed E-state index contributed by atoms with van der Waals surface area (Å²) in [6.45, 7) is 2.56. The molecular weight excluding hydrogens is 481 g/mol. The molecule has 1 fully saturated rings. The molecule has 1 saturated heterocycles. The average molecular weight is 506 g/mol.